The van der Waals surface area contributed by atoms with Gasteiger partial charge in [-0.25, -0.2) is 0 Å². The predicted molar refractivity (Wildman–Crippen MR) is 102 cm³/mol. The van der Waals surface area contributed by atoms with Gasteiger partial charge in [-0.15, -0.1) is 0 Å². The predicted octanol–water partition coefficient (Wildman–Crippen LogP) is 4.45. The molecule has 0 spiro atoms. The number of rotatable bonds is 5. The van der Waals surface area contributed by atoms with E-state index in [1.54, 1.807) is 36.4 Å². The lowest BCUT2D eigenvalue weighted by molar-refractivity contribution is -0.141. The van der Waals surface area contributed by atoms with Crippen molar-refractivity contribution in [2.24, 2.45) is 0 Å². The average molecular weight is 423 g/mol. The Hall–Kier alpha value is -3.33. The van der Waals surface area contributed by atoms with Crippen LogP contribution in [0.25, 0.3) is 0 Å². The molecule has 0 aliphatic heterocycles. The highest BCUT2D eigenvalue weighted by Crippen LogP contribution is 2.27. The fourth-order valence-electron chi connectivity index (χ4n) is 2.46. The van der Waals surface area contributed by atoms with Crippen LogP contribution in [0.2, 0.25) is 5.02 Å². The molecule has 0 saturated carbocycles. The highest BCUT2D eigenvalue weighted by atomic mass is 35.5. The first kappa shape index (κ1) is 20.4. The molecule has 0 fully saturated rings. The van der Waals surface area contributed by atoms with E-state index >= 15 is 0 Å². The van der Waals surface area contributed by atoms with Crippen LogP contribution >= 0.6 is 11.6 Å². The molecule has 2 amide bonds. The highest BCUT2D eigenvalue weighted by Gasteiger charge is 2.33. The van der Waals surface area contributed by atoms with Crippen molar-refractivity contribution in [3.05, 3.63) is 77.1 Å². The molecule has 0 aliphatic rings. The van der Waals surface area contributed by atoms with E-state index in [0.29, 0.717) is 10.7 Å². The van der Waals surface area contributed by atoms with E-state index in [1.165, 1.54) is 12.1 Å². The Labute approximate surface area is 168 Å². The van der Waals surface area contributed by atoms with Crippen molar-refractivity contribution in [3.63, 3.8) is 0 Å². The number of nitrogens with one attached hydrogen (secondary N) is 2. The average Bonchev–Trinajstić information content (AvgIpc) is 3.13. The second-order valence-electron chi connectivity index (χ2n) is 5.95. The summed E-state index contributed by atoms with van der Waals surface area (Å²) in [6, 6.07) is 13.5. The van der Waals surface area contributed by atoms with Crippen molar-refractivity contribution in [2.75, 3.05) is 10.6 Å². The van der Waals surface area contributed by atoms with Crippen LogP contribution in [0.15, 0.2) is 60.8 Å². The number of hydrogen-bond acceptors (Lipinski definition) is 3. The second-order valence-corrected chi connectivity index (χ2v) is 6.39. The van der Waals surface area contributed by atoms with Crippen LogP contribution in [0.3, 0.4) is 0 Å². The summed E-state index contributed by atoms with van der Waals surface area (Å²) in [5.74, 6) is -1.10. The maximum Gasteiger partial charge on any atom is 0.435 e. The smallest absolute Gasteiger partial charge is 0.324 e. The third kappa shape index (κ3) is 5.35. The summed E-state index contributed by atoms with van der Waals surface area (Å²) in [7, 11) is 0. The molecule has 6 nitrogen and oxygen atoms in total. The van der Waals surface area contributed by atoms with Gasteiger partial charge in [0.15, 0.2) is 5.69 Å². The summed E-state index contributed by atoms with van der Waals surface area (Å²) in [5, 5.41) is 9.04. The van der Waals surface area contributed by atoms with Gasteiger partial charge in [-0.05, 0) is 42.5 Å². The molecule has 0 saturated heterocycles. The molecule has 150 valence electrons. The summed E-state index contributed by atoms with van der Waals surface area (Å²) >= 11 is 5.81. The van der Waals surface area contributed by atoms with Crippen LogP contribution in [0.4, 0.5) is 24.5 Å². The molecule has 0 aliphatic carbocycles. The number of hydrogen-bond donors (Lipinski definition) is 2. The first-order valence-electron chi connectivity index (χ1n) is 8.29. The van der Waals surface area contributed by atoms with Gasteiger partial charge in [0, 0.05) is 16.9 Å². The van der Waals surface area contributed by atoms with Gasteiger partial charge in [0.2, 0.25) is 5.91 Å². The Bertz CT molecular complexity index is 1030. The molecule has 10 heteroatoms. The number of alkyl halides is 3. The molecule has 2 aromatic carbocycles. The lowest BCUT2D eigenvalue weighted by Gasteiger charge is -2.12. The maximum atomic E-state index is 12.6. The van der Waals surface area contributed by atoms with Crippen LogP contribution in [-0.4, -0.2) is 21.6 Å². The number of benzene rings is 2. The molecular formula is C19H14ClF3N4O2. The minimum atomic E-state index is -4.59. The van der Waals surface area contributed by atoms with Crippen LogP contribution in [-0.2, 0) is 17.5 Å². The van der Waals surface area contributed by atoms with Gasteiger partial charge in [-0.1, -0.05) is 23.7 Å². The summed E-state index contributed by atoms with van der Waals surface area (Å²) in [5.41, 5.74) is -0.177. The normalized spacial score (nSPS) is 11.2. The van der Waals surface area contributed by atoms with Gasteiger partial charge < -0.3 is 10.6 Å². The Morgan fingerprint density at radius 1 is 1.00 bits per heavy atom. The lowest BCUT2D eigenvalue weighted by atomic mass is 10.1. The molecule has 0 unspecified atom stereocenters. The van der Waals surface area contributed by atoms with E-state index in [-0.39, 0.29) is 11.3 Å². The number of aromatic nitrogens is 2. The summed E-state index contributed by atoms with van der Waals surface area (Å²) < 4.78 is 38.7. The molecular weight excluding hydrogens is 409 g/mol. The standard InChI is InChI=1S/C19H14ClF3N4O2/c20-12-5-7-13(8-6-12)24-18(29)14-3-1-2-4-15(14)25-17(28)11-27-10-9-16(26-27)19(21,22)23/h1-10H,11H2,(H,24,29)(H,25,28). The fourth-order valence-corrected chi connectivity index (χ4v) is 2.59. The zero-order valence-corrected chi connectivity index (χ0v) is 15.5. The van der Waals surface area contributed by atoms with E-state index in [4.69, 9.17) is 11.6 Å². The molecule has 3 aromatic rings. The van der Waals surface area contributed by atoms with Gasteiger partial charge in [0.1, 0.15) is 6.54 Å². The van der Waals surface area contributed by atoms with Crippen molar-refractivity contribution in [3.8, 4) is 0 Å². The van der Waals surface area contributed by atoms with Crippen LogP contribution in [0.1, 0.15) is 16.1 Å². The van der Waals surface area contributed by atoms with E-state index < -0.39 is 30.2 Å². The first-order chi connectivity index (χ1) is 13.7. The third-order valence-corrected chi connectivity index (χ3v) is 4.04. The summed E-state index contributed by atoms with van der Waals surface area (Å²) in [6.45, 7) is -0.441. The molecule has 0 atom stereocenters. The van der Waals surface area contributed by atoms with Gasteiger partial charge in [-0.2, -0.15) is 18.3 Å². The number of nitrogens with zero attached hydrogens (tertiary/aromatic N) is 2. The van der Waals surface area contributed by atoms with Gasteiger partial charge in [0.05, 0.1) is 11.3 Å². The molecule has 3 rings (SSSR count). The Morgan fingerprint density at radius 3 is 2.34 bits per heavy atom. The topological polar surface area (TPSA) is 76.0 Å². The first-order valence-corrected chi connectivity index (χ1v) is 8.66. The number of anilines is 2. The maximum absolute atomic E-state index is 12.6. The molecule has 1 aromatic heterocycles. The zero-order valence-electron chi connectivity index (χ0n) is 14.7. The minimum Gasteiger partial charge on any atom is -0.324 e. The van der Waals surface area contributed by atoms with E-state index in [2.05, 4.69) is 15.7 Å². The number of amides is 2. The third-order valence-electron chi connectivity index (χ3n) is 3.78. The highest BCUT2D eigenvalue weighted by molar-refractivity contribution is 6.30. The van der Waals surface area contributed by atoms with Gasteiger partial charge >= 0.3 is 6.18 Å². The zero-order chi connectivity index (χ0) is 21.0. The SMILES string of the molecule is O=C(Cn1ccc(C(F)(F)F)n1)Nc1ccccc1C(=O)Nc1ccc(Cl)cc1. The summed E-state index contributed by atoms with van der Waals surface area (Å²) in [6.07, 6.45) is -3.53. The molecule has 0 bridgehead atoms. The number of carbonyl (C=O) groups excluding carboxylic acids is 2. The second kappa shape index (κ2) is 8.36. The Balaban J connectivity index is 1.69. The lowest BCUT2D eigenvalue weighted by Crippen LogP contribution is -2.22. The van der Waals surface area contributed by atoms with Gasteiger partial charge in [0.25, 0.3) is 5.91 Å². The van der Waals surface area contributed by atoms with Crippen molar-refractivity contribution >= 4 is 34.8 Å². The van der Waals surface area contributed by atoms with E-state index in [9.17, 15) is 22.8 Å². The largest absolute Gasteiger partial charge is 0.435 e. The fraction of sp³-hybridized carbons (Fsp3) is 0.105. The van der Waals surface area contributed by atoms with Crippen LogP contribution in [0.5, 0.6) is 0 Å². The number of halogens is 4. The van der Waals surface area contributed by atoms with Crippen molar-refractivity contribution in [2.45, 2.75) is 12.7 Å². The number of carbonyl (C=O) groups is 2. The molecule has 0 radical (unpaired) electrons. The number of para-hydroxylation sites is 1. The molecule has 29 heavy (non-hydrogen) atoms. The molecule has 2 N–H and O–H groups in total. The Morgan fingerprint density at radius 2 is 1.69 bits per heavy atom. The molecule has 1 heterocycles. The quantitative estimate of drug-likeness (QED) is 0.638. The van der Waals surface area contributed by atoms with Crippen molar-refractivity contribution < 1.29 is 22.8 Å². The monoisotopic (exact) mass is 422 g/mol. The minimum absolute atomic E-state index is 0.187. The van der Waals surface area contributed by atoms with E-state index in [1.807, 2.05) is 0 Å². The van der Waals surface area contributed by atoms with Crippen molar-refractivity contribution in [1.82, 2.24) is 9.78 Å². The van der Waals surface area contributed by atoms with Gasteiger partial charge in [-0.3, -0.25) is 14.3 Å². The Kier molecular flexibility index (Phi) is 5.88. The van der Waals surface area contributed by atoms with Crippen LogP contribution in [0, 0.1) is 0 Å². The van der Waals surface area contributed by atoms with Crippen LogP contribution < -0.4 is 10.6 Å². The van der Waals surface area contributed by atoms with E-state index in [0.717, 1.165) is 16.9 Å². The summed E-state index contributed by atoms with van der Waals surface area (Å²) in [4.78, 5) is 24.7. The van der Waals surface area contributed by atoms with Crippen molar-refractivity contribution in [1.29, 1.82) is 0 Å².